The van der Waals surface area contributed by atoms with Gasteiger partial charge < -0.3 is 9.55 Å². The standard InChI is InChI=1S/C17H15N5O2/c1-10-3-4-14-12(7-10)8-13(17(23)19-14)16-18-5-6-22(16)9-15-11(2)20-24-21-15/h3-8H,9H2,1-2H3,(H,19,23). The fourth-order valence-electron chi connectivity index (χ4n) is 2.73. The van der Waals surface area contributed by atoms with Crippen LogP contribution in [0.3, 0.4) is 0 Å². The van der Waals surface area contributed by atoms with Gasteiger partial charge in [0.25, 0.3) is 5.56 Å². The normalized spacial score (nSPS) is 11.2. The van der Waals surface area contributed by atoms with Crippen LogP contribution in [0.25, 0.3) is 22.3 Å². The van der Waals surface area contributed by atoms with Gasteiger partial charge in [-0.05, 0) is 37.4 Å². The van der Waals surface area contributed by atoms with Crippen molar-refractivity contribution < 1.29 is 4.63 Å². The first kappa shape index (κ1) is 14.4. The predicted molar refractivity (Wildman–Crippen MR) is 88.7 cm³/mol. The zero-order chi connectivity index (χ0) is 16.7. The SMILES string of the molecule is Cc1ccc2[nH]c(=O)c(-c3nccn3Cc3nonc3C)cc2c1. The molecule has 4 aromatic rings. The van der Waals surface area contributed by atoms with Gasteiger partial charge in [-0.25, -0.2) is 9.61 Å². The summed E-state index contributed by atoms with van der Waals surface area (Å²) in [6.45, 7) is 4.29. The van der Waals surface area contributed by atoms with Crippen LogP contribution in [0.1, 0.15) is 17.0 Å². The van der Waals surface area contributed by atoms with Crippen LogP contribution in [0, 0.1) is 13.8 Å². The zero-order valence-electron chi connectivity index (χ0n) is 13.3. The number of aromatic amines is 1. The summed E-state index contributed by atoms with van der Waals surface area (Å²) in [7, 11) is 0. The summed E-state index contributed by atoms with van der Waals surface area (Å²) in [6.07, 6.45) is 3.47. The van der Waals surface area contributed by atoms with Crippen molar-refractivity contribution in [3.05, 3.63) is 64.0 Å². The first-order valence-electron chi connectivity index (χ1n) is 7.55. The lowest BCUT2D eigenvalue weighted by atomic mass is 10.1. The third-order valence-electron chi connectivity index (χ3n) is 4.02. The molecule has 1 N–H and O–H groups in total. The van der Waals surface area contributed by atoms with Crippen LogP contribution in [0.2, 0.25) is 0 Å². The molecule has 4 rings (SSSR count). The number of nitrogens with zero attached hydrogens (tertiary/aromatic N) is 4. The van der Waals surface area contributed by atoms with E-state index < -0.39 is 0 Å². The van der Waals surface area contributed by atoms with Gasteiger partial charge in [0.15, 0.2) is 0 Å². The minimum Gasteiger partial charge on any atom is -0.325 e. The predicted octanol–water partition coefficient (Wildman–Crippen LogP) is 2.44. The molecule has 3 heterocycles. The van der Waals surface area contributed by atoms with Gasteiger partial charge in [0.1, 0.15) is 17.2 Å². The lowest BCUT2D eigenvalue weighted by molar-refractivity contribution is 0.300. The molecule has 0 saturated heterocycles. The van der Waals surface area contributed by atoms with Gasteiger partial charge in [-0.2, -0.15) is 0 Å². The van der Waals surface area contributed by atoms with Crippen LogP contribution in [-0.4, -0.2) is 24.8 Å². The summed E-state index contributed by atoms with van der Waals surface area (Å²) in [4.78, 5) is 19.7. The van der Waals surface area contributed by atoms with Crippen LogP contribution in [0.5, 0.6) is 0 Å². The monoisotopic (exact) mass is 321 g/mol. The average Bonchev–Trinajstić information content (AvgIpc) is 3.17. The van der Waals surface area contributed by atoms with Crippen LogP contribution in [-0.2, 0) is 6.54 Å². The van der Waals surface area contributed by atoms with Gasteiger partial charge in [-0.1, -0.05) is 21.9 Å². The Morgan fingerprint density at radius 3 is 2.88 bits per heavy atom. The van der Waals surface area contributed by atoms with E-state index in [9.17, 15) is 4.79 Å². The Hall–Kier alpha value is -3.22. The lowest BCUT2D eigenvalue weighted by Gasteiger charge is -2.07. The smallest absolute Gasteiger partial charge is 0.259 e. The topological polar surface area (TPSA) is 89.6 Å². The summed E-state index contributed by atoms with van der Waals surface area (Å²) in [6, 6.07) is 7.79. The Morgan fingerprint density at radius 2 is 2.08 bits per heavy atom. The van der Waals surface area contributed by atoms with E-state index >= 15 is 0 Å². The van der Waals surface area contributed by atoms with Gasteiger partial charge >= 0.3 is 0 Å². The average molecular weight is 321 g/mol. The van der Waals surface area contributed by atoms with Crippen LogP contribution in [0.4, 0.5) is 0 Å². The summed E-state index contributed by atoms with van der Waals surface area (Å²) in [5.74, 6) is 0.585. The summed E-state index contributed by atoms with van der Waals surface area (Å²) < 4.78 is 6.59. The van der Waals surface area contributed by atoms with Gasteiger partial charge in [0, 0.05) is 17.9 Å². The van der Waals surface area contributed by atoms with E-state index in [1.165, 1.54) is 0 Å². The van der Waals surface area contributed by atoms with Crippen LogP contribution >= 0.6 is 0 Å². The summed E-state index contributed by atoms with van der Waals surface area (Å²) >= 11 is 0. The Labute approximate surface area is 136 Å². The third kappa shape index (κ3) is 2.40. The lowest BCUT2D eigenvalue weighted by Crippen LogP contribution is -2.13. The van der Waals surface area contributed by atoms with E-state index in [0.29, 0.717) is 23.6 Å². The minimum atomic E-state index is -0.172. The van der Waals surface area contributed by atoms with Gasteiger partial charge in [0.2, 0.25) is 0 Å². The first-order chi connectivity index (χ1) is 11.6. The summed E-state index contributed by atoms with van der Waals surface area (Å²) in [5.41, 5.74) is 3.72. The second kappa shape index (κ2) is 5.45. The second-order valence-corrected chi connectivity index (χ2v) is 5.78. The number of pyridine rings is 1. The molecule has 3 aromatic heterocycles. The Kier molecular flexibility index (Phi) is 3.26. The number of fused-ring (bicyclic) bond motifs is 1. The van der Waals surface area contributed by atoms with Gasteiger partial charge in [0.05, 0.1) is 12.1 Å². The first-order valence-corrected chi connectivity index (χ1v) is 7.55. The van der Waals surface area contributed by atoms with E-state index in [-0.39, 0.29) is 5.56 Å². The van der Waals surface area contributed by atoms with E-state index in [1.54, 1.807) is 6.20 Å². The Bertz CT molecular complexity index is 1090. The molecule has 7 nitrogen and oxygen atoms in total. The quantitative estimate of drug-likeness (QED) is 0.626. The van der Waals surface area contributed by atoms with Crippen molar-refractivity contribution in [1.82, 2.24) is 24.8 Å². The molecule has 1 aromatic carbocycles. The maximum absolute atomic E-state index is 12.5. The molecule has 0 amide bonds. The number of aryl methyl sites for hydroxylation is 2. The van der Waals surface area contributed by atoms with Gasteiger partial charge in [-0.15, -0.1) is 0 Å². The molecule has 0 fully saturated rings. The van der Waals surface area contributed by atoms with E-state index in [4.69, 9.17) is 4.63 Å². The summed E-state index contributed by atoms with van der Waals surface area (Å²) in [5, 5.41) is 8.64. The van der Waals surface area contributed by atoms with Gasteiger partial charge in [-0.3, -0.25) is 4.79 Å². The minimum absolute atomic E-state index is 0.172. The maximum atomic E-state index is 12.5. The van der Waals surface area contributed by atoms with E-state index in [1.807, 2.05) is 48.9 Å². The molecule has 0 spiro atoms. The Balaban J connectivity index is 1.83. The van der Waals surface area contributed by atoms with Crippen molar-refractivity contribution in [3.8, 4) is 11.4 Å². The highest BCUT2D eigenvalue weighted by Gasteiger charge is 2.14. The number of hydrogen-bond acceptors (Lipinski definition) is 5. The molecular formula is C17H15N5O2. The van der Waals surface area contributed by atoms with Crippen molar-refractivity contribution in [2.24, 2.45) is 0 Å². The van der Waals surface area contributed by atoms with Crippen LogP contribution < -0.4 is 5.56 Å². The van der Waals surface area contributed by atoms with E-state index in [2.05, 4.69) is 20.3 Å². The number of aromatic nitrogens is 5. The molecule has 0 aliphatic heterocycles. The number of nitrogens with one attached hydrogen (secondary N) is 1. The number of benzene rings is 1. The second-order valence-electron chi connectivity index (χ2n) is 5.78. The molecule has 0 aliphatic rings. The molecule has 0 atom stereocenters. The third-order valence-corrected chi connectivity index (χ3v) is 4.02. The highest BCUT2D eigenvalue weighted by atomic mass is 16.6. The highest BCUT2D eigenvalue weighted by Crippen LogP contribution is 2.20. The van der Waals surface area contributed by atoms with Crippen molar-refractivity contribution in [3.63, 3.8) is 0 Å². The van der Waals surface area contributed by atoms with Crippen molar-refractivity contribution in [1.29, 1.82) is 0 Å². The fourth-order valence-corrected chi connectivity index (χ4v) is 2.73. The number of hydrogen-bond donors (Lipinski definition) is 1. The number of rotatable bonds is 3. The molecule has 0 unspecified atom stereocenters. The molecule has 0 bridgehead atoms. The zero-order valence-corrected chi connectivity index (χ0v) is 13.3. The van der Waals surface area contributed by atoms with Crippen molar-refractivity contribution in [2.45, 2.75) is 20.4 Å². The van der Waals surface area contributed by atoms with Crippen LogP contribution in [0.15, 0.2) is 46.1 Å². The molecular weight excluding hydrogens is 306 g/mol. The molecule has 0 saturated carbocycles. The number of imidazole rings is 1. The molecule has 0 radical (unpaired) electrons. The highest BCUT2D eigenvalue weighted by molar-refractivity contribution is 5.83. The molecule has 120 valence electrons. The number of H-pyrrole nitrogens is 1. The largest absolute Gasteiger partial charge is 0.325 e. The molecule has 7 heteroatoms. The molecule has 24 heavy (non-hydrogen) atoms. The molecule has 0 aliphatic carbocycles. The Morgan fingerprint density at radius 1 is 1.21 bits per heavy atom. The fraction of sp³-hybridized carbons (Fsp3) is 0.176. The maximum Gasteiger partial charge on any atom is 0.259 e. The van der Waals surface area contributed by atoms with Crippen molar-refractivity contribution >= 4 is 10.9 Å². The van der Waals surface area contributed by atoms with E-state index in [0.717, 1.165) is 22.2 Å². The van der Waals surface area contributed by atoms with Crippen molar-refractivity contribution in [2.75, 3.05) is 0 Å².